The first-order valence-corrected chi connectivity index (χ1v) is 4.99. The second kappa shape index (κ2) is 6.46. The summed E-state index contributed by atoms with van der Waals surface area (Å²) in [5.41, 5.74) is 0. The molecule has 1 atom stereocenters. The van der Waals surface area contributed by atoms with Crippen LogP contribution in [0.5, 0.6) is 0 Å². The Balaban J connectivity index is 4.17. The van der Waals surface area contributed by atoms with Crippen LogP contribution in [0, 0.1) is 5.92 Å². The third kappa shape index (κ3) is 5.62. The fraction of sp³-hybridized carbons (Fsp3) is 0.727. The number of Topliss-reactive ketones (excluding diaryl/α,β-unsaturated/α-hetero) is 3. The number of hydrogen-bond donors (Lipinski definition) is 0. The zero-order valence-corrected chi connectivity index (χ0v) is 9.13. The van der Waals surface area contributed by atoms with E-state index in [2.05, 4.69) is 0 Å². The van der Waals surface area contributed by atoms with Gasteiger partial charge in [0.05, 0.1) is 0 Å². The van der Waals surface area contributed by atoms with Crippen molar-refractivity contribution in [3.05, 3.63) is 0 Å². The van der Waals surface area contributed by atoms with Crippen LogP contribution in [0.3, 0.4) is 0 Å². The summed E-state index contributed by atoms with van der Waals surface area (Å²) in [6.45, 7) is 4.76. The zero-order chi connectivity index (χ0) is 11.1. The normalized spacial score (nSPS) is 12.2. The molecule has 0 bridgehead atoms. The smallest absolute Gasteiger partial charge is 0.136 e. The Morgan fingerprint density at radius 2 is 1.64 bits per heavy atom. The molecular weight excluding hydrogens is 180 g/mol. The van der Waals surface area contributed by atoms with Crippen molar-refractivity contribution < 1.29 is 14.4 Å². The van der Waals surface area contributed by atoms with Gasteiger partial charge in [0.1, 0.15) is 17.3 Å². The van der Waals surface area contributed by atoms with Crippen LogP contribution in [0.2, 0.25) is 0 Å². The maximum absolute atomic E-state index is 11.4. The van der Waals surface area contributed by atoms with Gasteiger partial charge in [0.2, 0.25) is 0 Å². The number of rotatable bonds is 7. The molecule has 0 spiro atoms. The van der Waals surface area contributed by atoms with Crippen molar-refractivity contribution >= 4 is 17.3 Å². The van der Waals surface area contributed by atoms with Crippen LogP contribution in [-0.2, 0) is 14.4 Å². The molecule has 0 amide bonds. The van der Waals surface area contributed by atoms with Crippen molar-refractivity contribution in [3.63, 3.8) is 0 Å². The van der Waals surface area contributed by atoms with Crippen molar-refractivity contribution in [1.82, 2.24) is 0 Å². The second-order valence-corrected chi connectivity index (χ2v) is 3.66. The molecule has 0 aromatic carbocycles. The minimum atomic E-state index is -0.249. The number of carbonyl (C=O) groups is 3. The van der Waals surface area contributed by atoms with Crippen LogP contribution in [0.4, 0.5) is 0 Å². The SMILES string of the molecule is CCC(=O)C(CCC(C)=O)CC(C)=O. The highest BCUT2D eigenvalue weighted by Crippen LogP contribution is 2.15. The van der Waals surface area contributed by atoms with Crippen LogP contribution in [0.15, 0.2) is 0 Å². The third-order valence-electron chi connectivity index (χ3n) is 2.18. The maximum atomic E-state index is 11.4. The van der Waals surface area contributed by atoms with E-state index in [9.17, 15) is 14.4 Å². The molecule has 0 aliphatic carbocycles. The molecule has 0 saturated carbocycles. The Morgan fingerprint density at radius 3 is 2.00 bits per heavy atom. The maximum Gasteiger partial charge on any atom is 0.136 e. The van der Waals surface area contributed by atoms with Crippen LogP contribution < -0.4 is 0 Å². The Labute approximate surface area is 84.9 Å². The molecule has 0 N–H and O–H groups in total. The molecule has 0 aliphatic heterocycles. The van der Waals surface area contributed by atoms with Gasteiger partial charge in [0, 0.05) is 25.2 Å². The first kappa shape index (κ1) is 13.0. The first-order valence-electron chi connectivity index (χ1n) is 4.99. The van der Waals surface area contributed by atoms with Crippen LogP contribution in [0.1, 0.15) is 46.5 Å². The van der Waals surface area contributed by atoms with Gasteiger partial charge in [-0.1, -0.05) is 6.92 Å². The van der Waals surface area contributed by atoms with Crippen molar-refractivity contribution in [2.24, 2.45) is 5.92 Å². The first-order chi connectivity index (χ1) is 6.47. The number of hydrogen-bond acceptors (Lipinski definition) is 3. The molecule has 0 aromatic rings. The Kier molecular flexibility index (Phi) is 6.00. The topological polar surface area (TPSA) is 51.2 Å². The summed E-state index contributed by atoms with van der Waals surface area (Å²) in [5, 5.41) is 0. The predicted octanol–water partition coefficient (Wildman–Crippen LogP) is 1.93. The zero-order valence-electron chi connectivity index (χ0n) is 9.13. The Hall–Kier alpha value is -0.990. The van der Waals surface area contributed by atoms with Crippen LogP contribution >= 0.6 is 0 Å². The number of ketones is 3. The molecule has 0 aliphatic rings. The summed E-state index contributed by atoms with van der Waals surface area (Å²) in [7, 11) is 0. The summed E-state index contributed by atoms with van der Waals surface area (Å²) in [5.74, 6) is -0.0781. The van der Waals surface area contributed by atoms with Gasteiger partial charge in [-0.25, -0.2) is 0 Å². The van der Waals surface area contributed by atoms with Crippen molar-refractivity contribution in [2.75, 3.05) is 0 Å². The van der Waals surface area contributed by atoms with Gasteiger partial charge in [-0.05, 0) is 20.3 Å². The molecular formula is C11H18O3. The molecule has 1 unspecified atom stereocenters. The lowest BCUT2D eigenvalue weighted by Gasteiger charge is -2.11. The third-order valence-corrected chi connectivity index (χ3v) is 2.18. The lowest BCUT2D eigenvalue weighted by Crippen LogP contribution is -2.17. The fourth-order valence-electron chi connectivity index (χ4n) is 1.39. The number of carbonyl (C=O) groups excluding carboxylic acids is 3. The molecule has 3 nitrogen and oxygen atoms in total. The summed E-state index contributed by atoms with van der Waals surface area (Å²) >= 11 is 0. The monoisotopic (exact) mass is 198 g/mol. The molecule has 0 rings (SSSR count). The summed E-state index contributed by atoms with van der Waals surface area (Å²) < 4.78 is 0. The molecule has 0 aromatic heterocycles. The highest BCUT2D eigenvalue weighted by Gasteiger charge is 2.18. The van der Waals surface area contributed by atoms with Gasteiger partial charge in [-0.3, -0.25) is 4.79 Å². The molecule has 0 radical (unpaired) electrons. The van der Waals surface area contributed by atoms with E-state index in [1.54, 1.807) is 6.92 Å². The van der Waals surface area contributed by atoms with Crippen molar-refractivity contribution in [2.45, 2.75) is 46.5 Å². The minimum Gasteiger partial charge on any atom is -0.300 e. The standard InChI is InChI=1S/C11H18O3/c1-4-11(14)10(7-9(3)13)6-5-8(2)12/h10H,4-7H2,1-3H3. The molecule has 0 saturated heterocycles. The summed E-state index contributed by atoms with van der Waals surface area (Å²) in [6.07, 6.45) is 1.63. The molecule has 0 heterocycles. The quantitative estimate of drug-likeness (QED) is 0.628. The molecule has 14 heavy (non-hydrogen) atoms. The molecule has 3 heteroatoms. The van der Waals surface area contributed by atoms with Gasteiger partial charge in [0.15, 0.2) is 0 Å². The van der Waals surface area contributed by atoms with Gasteiger partial charge in [-0.15, -0.1) is 0 Å². The van der Waals surface area contributed by atoms with E-state index >= 15 is 0 Å². The minimum absolute atomic E-state index is 0.0142. The van der Waals surface area contributed by atoms with E-state index in [1.165, 1.54) is 13.8 Å². The van der Waals surface area contributed by atoms with E-state index in [0.717, 1.165) is 0 Å². The van der Waals surface area contributed by atoms with Gasteiger partial charge in [0.25, 0.3) is 0 Å². The van der Waals surface area contributed by atoms with Gasteiger partial charge >= 0.3 is 0 Å². The van der Waals surface area contributed by atoms with Crippen LogP contribution in [-0.4, -0.2) is 17.3 Å². The lowest BCUT2D eigenvalue weighted by molar-refractivity contribution is -0.127. The van der Waals surface area contributed by atoms with E-state index in [4.69, 9.17) is 0 Å². The Morgan fingerprint density at radius 1 is 1.07 bits per heavy atom. The second-order valence-electron chi connectivity index (χ2n) is 3.66. The fourth-order valence-corrected chi connectivity index (χ4v) is 1.39. The van der Waals surface area contributed by atoms with E-state index < -0.39 is 0 Å². The van der Waals surface area contributed by atoms with Gasteiger partial charge in [-0.2, -0.15) is 0 Å². The van der Waals surface area contributed by atoms with E-state index in [1.807, 2.05) is 0 Å². The highest BCUT2D eigenvalue weighted by molar-refractivity contribution is 5.87. The summed E-state index contributed by atoms with van der Waals surface area (Å²) in [4.78, 5) is 33.0. The highest BCUT2D eigenvalue weighted by atomic mass is 16.1. The average molecular weight is 198 g/mol. The Bertz CT molecular complexity index is 231. The van der Waals surface area contributed by atoms with E-state index in [-0.39, 0.29) is 29.7 Å². The predicted molar refractivity (Wildman–Crippen MR) is 54.0 cm³/mol. The largest absolute Gasteiger partial charge is 0.300 e. The molecule has 0 fully saturated rings. The van der Waals surface area contributed by atoms with Crippen LogP contribution in [0.25, 0.3) is 0 Å². The average Bonchev–Trinajstić information content (AvgIpc) is 2.10. The summed E-state index contributed by atoms with van der Waals surface area (Å²) in [6, 6.07) is 0. The van der Waals surface area contributed by atoms with E-state index in [0.29, 0.717) is 19.3 Å². The molecule has 80 valence electrons. The van der Waals surface area contributed by atoms with Gasteiger partial charge < -0.3 is 9.59 Å². The van der Waals surface area contributed by atoms with Crippen molar-refractivity contribution in [3.8, 4) is 0 Å². The van der Waals surface area contributed by atoms with Crippen molar-refractivity contribution in [1.29, 1.82) is 0 Å². The lowest BCUT2D eigenvalue weighted by atomic mass is 9.91.